The van der Waals surface area contributed by atoms with Gasteiger partial charge in [0.1, 0.15) is 5.82 Å². The molecule has 1 heterocycles. The van der Waals surface area contributed by atoms with Crippen LogP contribution >= 0.6 is 15.9 Å². The molecule has 1 fully saturated rings. The zero-order valence-corrected chi connectivity index (χ0v) is 11.5. The number of Topliss-reactive ketones (excluding diaryl/α,β-unsaturated/α-hetero) is 1. The number of ketones is 1. The Bertz CT molecular complexity index is 589. The van der Waals surface area contributed by atoms with Crippen molar-refractivity contribution < 1.29 is 19.1 Å². The largest absolute Gasteiger partial charge is 0.391 e. The van der Waals surface area contributed by atoms with Crippen LogP contribution in [-0.4, -0.2) is 28.9 Å². The van der Waals surface area contributed by atoms with E-state index in [9.17, 15) is 19.1 Å². The van der Waals surface area contributed by atoms with Gasteiger partial charge in [-0.05, 0) is 47.3 Å². The van der Waals surface area contributed by atoms with Crippen molar-refractivity contribution >= 4 is 33.3 Å². The molecule has 19 heavy (non-hydrogen) atoms. The highest BCUT2D eigenvalue weighted by atomic mass is 79.9. The summed E-state index contributed by atoms with van der Waals surface area (Å²) in [7, 11) is 0. The van der Waals surface area contributed by atoms with Crippen molar-refractivity contribution in [1.82, 2.24) is 0 Å². The number of carbonyl (C=O) groups is 2. The quantitative estimate of drug-likeness (QED) is 0.803. The van der Waals surface area contributed by atoms with Gasteiger partial charge in [0.15, 0.2) is 0 Å². The molecule has 6 heteroatoms. The van der Waals surface area contributed by atoms with E-state index < -0.39 is 29.7 Å². The monoisotopic (exact) mass is 327 g/mol. The van der Waals surface area contributed by atoms with Crippen LogP contribution < -0.4 is 4.90 Å². The highest BCUT2D eigenvalue weighted by Gasteiger charge is 2.44. The van der Waals surface area contributed by atoms with Gasteiger partial charge in [0.05, 0.1) is 27.9 Å². The third-order valence-electron chi connectivity index (χ3n) is 3.73. The number of rotatable bonds is 1. The predicted molar refractivity (Wildman–Crippen MR) is 69.6 cm³/mol. The maximum absolute atomic E-state index is 13.6. The molecule has 1 aromatic rings. The molecule has 0 aromatic heterocycles. The van der Waals surface area contributed by atoms with E-state index in [0.29, 0.717) is 12.8 Å². The minimum absolute atomic E-state index is 0.154. The van der Waals surface area contributed by atoms with Crippen molar-refractivity contribution in [3.8, 4) is 0 Å². The van der Waals surface area contributed by atoms with E-state index >= 15 is 0 Å². The van der Waals surface area contributed by atoms with Gasteiger partial charge in [0, 0.05) is 0 Å². The summed E-state index contributed by atoms with van der Waals surface area (Å²) in [4.78, 5) is 25.2. The van der Waals surface area contributed by atoms with Crippen molar-refractivity contribution in [2.75, 3.05) is 4.90 Å². The lowest BCUT2D eigenvalue weighted by molar-refractivity contribution is -0.115. The molecule has 0 spiro atoms. The van der Waals surface area contributed by atoms with E-state index in [1.54, 1.807) is 0 Å². The second-order valence-corrected chi connectivity index (χ2v) is 5.71. The average Bonchev–Trinajstić information content (AvgIpc) is 2.87. The van der Waals surface area contributed by atoms with Crippen LogP contribution in [0.25, 0.3) is 0 Å². The highest BCUT2D eigenvalue weighted by Crippen LogP contribution is 2.38. The van der Waals surface area contributed by atoms with Gasteiger partial charge in [-0.3, -0.25) is 14.5 Å². The Hall–Kier alpha value is -1.27. The second kappa shape index (κ2) is 4.38. The van der Waals surface area contributed by atoms with Crippen molar-refractivity contribution in [3.05, 3.63) is 28.0 Å². The number of aliphatic hydroxyl groups excluding tert-OH is 1. The number of hydrogen-bond donors (Lipinski definition) is 1. The fourth-order valence-electron chi connectivity index (χ4n) is 2.80. The molecular formula is C13H11BrFNO3. The maximum atomic E-state index is 13.6. The number of anilines is 1. The van der Waals surface area contributed by atoms with Crippen molar-refractivity contribution in [1.29, 1.82) is 0 Å². The van der Waals surface area contributed by atoms with Gasteiger partial charge in [-0.15, -0.1) is 0 Å². The van der Waals surface area contributed by atoms with Crippen LogP contribution in [0.4, 0.5) is 10.1 Å². The first-order chi connectivity index (χ1) is 9.00. The number of halogens is 2. The summed E-state index contributed by atoms with van der Waals surface area (Å²) in [6.45, 7) is 0. The fourth-order valence-corrected chi connectivity index (χ4v) is 3.15. The predicted octanol–water partition coefficient (Wildman–Crippen LogP) is 2.03. The van der Waals surface area contributed by atoms with E-state index in [4.69, 9.17) is 0 Å². The number of nitrogens with zero attached hydrogens (tertiary/aromatic N) is 1. The Kier molecular flexibility index (Phi) is 2.94. The van der Waals surface area contributed by atoms with Crippen LogP contribution in [0, 0.1) is 5.82 Å². The Morgan fingerprint density at radius 2 is 2.05 bits per heavy atom. The molecule has 100 valence electrons. The summed E-state index contributed by atoms with van der Waals surface area (Å²) in [6.07, 6.45) is 1.35. The molecule has 3 rings (SSSR count). The molecule has 2 aliphatic rings. The van der Waals surface area contributed by atoms with Crippen molar-refractivity contribution in [3.63, 3.8) is 0 Å². The Labute approximate surface area is 117 Å². The van der Waals surface area contributed by atoms with E-state index in [1.807, 2.05) is 0 Å². The molecule has 1 saturated carbocycles. The minimum Gasteiger partial charge on any atom is -0.391 e. The third kappa shape index (κ3) is 1.81. The number of benzene rings is 1. The molecule has 0 saturated heterocycles. The summed E-state index contributed by atoms with van der Waals surface area (Å²) >= 11 is 3.01. The molecular weight excluding hydrogens is 317 g/mol. The van der Waals surface area contributed by atoms with Crippen LogP contribution in [0.15, 0.2) is 16.6 Å². The summed E-state index contributed by atoms with van der Waals surface area (Å²) in [6, 6.07) is 2.07. The molecule has 1 aliphatic carbocycles. The summed E-state index contributed by atoms with van der Waals surface area (Å²) in [5.74, 6) is -1.85. The topological polar surface area (TPSA) is 57.6 Å². The number of fused-ring (bicyclic) bond motifs is 1. The normalized spacial score (nSPS) is 26.2. The van der Waals surface area contributed by atoms with Gasteiger partial charge in [-0.25, -0.2) is 4.39 Å². The summed E-state index contributed by atoms with van der Waals surface area (Å²) in [5.41, 5.74) is 0.457. The first-order valence-corrected chi connectivity index (χ1v) is 6.85. The molecule has 1 aliphatic heterocycles. The lowest BCUT2D eigenvalue weighted by Gasteiger charge is -2.26. The van der Waals surface area contributed by atoms with Gasteiger partial charge in [0.2, 0.25) is 0 Å². The molecule has 0 radical (unpaired) electrons. The lowest BCUT2D eigenvalue weighted by Crippen LogP contribution is -2.43. The standard InChI is InChI=1S/C13H11BrFNO3/c14-7-4-6-10(5-8(7)15)16(13(19)12(6)18)9-2-1-3-11(9)17/h4-5,9,11,17H,1-3H2/t9-,11-/m0/s1. The van der Waals surface area contributed by atoms with Gasteiger partial charge < -0.3 is 5.11 Å². The van der Waals surface area contributed by atoms with Gasteiger partial charge >= 0.3 is 0 Å². The van der Waals surface area contributed by atoms with Crippen LogP contribution in [0.5, 0.6) is 0 Å². The lowest BCUT2D eigenvalue weighted by atomic mass is 10.1. The smallest absolute Gasteiger partial charge is 0.299 e. The number of carbonyl (C=O) groups excluding carboxylic acids is 2. The Morgan fingerprint density at radius 3 is 2.68 bits per heavy atom. The zero-order chi connectivity index (χ0) is 13.7. The molecule has 2 atom stereocenters. The molecule has 4 nitrogen and oxygen atoms in total. The molecule has 1 amide bonds. The Balaban J connectivity index is 2.11. The minimum atomic E-state index is -0.682. The zero-order valence-electron chi connectivity index (χ0n) is 9.90. The van der Waals surface area contributed by atoms with E-state index in [0.717, 1.165) is 6.42 Å². The van der Waals surface area contributed by atoms with Gasteiger partial charge in [0.25, 0.3) is 11.7 Å². The Morgan fingerprint density at radius 1 is 1.32 bits per heavy atom. The first-order valence-electron chi connectivity index (χ1n) is 6.05. The van der Waals surface area contributed by atoms with Crippen molar-refractivity contribution in [2.24, 2.45) is 0 Å². The van der Waals surface area contributed by atoms with Crippen LogP contribution in [-0.2, 0) is 4.79 Å². The molecule has 0 bridgehead atoms. The summed E-state index contributed by atoms with van der Waals surface area (Å²) in [5, 5.41) is 9.89. The number of hydrogen-bond acceptors (Lipinski definition) is 3. The van der Waals surface area contributed by atoms with Crippen LogP contribution in [0.2, 0.25) is 0 Å². The first kappa shape index (κ1) is 12.7. The number of amides is 1. The second-order valence-electron chi connectivity index (χ2n) is 4.85. The van der Waals surface area contributed by atoms with E-state index in [2.05, 4.69) is 15.9 Å². The molecule has 1 N–H and O–H groups in total. The van der Waals surface area contributed by atoms with E-state index in [1.165, 1.54) is 17.0 Å². The SMILES string of the molecule is O=C1C(=O)N([C@H]2CCC[C@@H]2O)c2cc(F)c(Br)cc21. The maximum Gasteiger partial charge on any atom is 0.299 e. The summed E-state index contributed by atoms with van der Waals surface area (Å²) < 4.78 is 13.8. The van der Waals surface area contributed by atoms with E-state index in [-0.39, 0.29) is 15.7 Å². The van der Waals surface area contributed by atoms with Crippen molar-refractivity contribution in [2.45, 2.75) is 31.4 Å². The van der Waals surface area contributed by atoms with Crippen LogP contribution in [0.1, 0.15) is 29.6 Å². The highest BCUT2D eigenvalue weighted by molar-refractivity contribution is 9.10. The number of aliphatic hydroxyl groups is 1. The van der Waals surface area contributed by atoms with Gasteiger partial charge in [-0.2, -0.15) is 0 Å². The molecule has 1 aromatic carbocycles. The third-order valence-corrected chi connectivity index (χ3v) is 4.34. The molecule has 0 unspecified atom stereocenters. The van der Waals surface area contributed by atoms with Crippen LogP contribution in [0.3, 0.4) is 0 Å². The average molecular weight is 328 g/mol. The fraction of sp³-hybridized carbons (Fsp3) is 0.385. The van der Waals surface area contributed by atoms with Gasteiger partial charge in [-0.1, -0.05) is 0 Å².